The Morgan fingerprint density at radius 2 is 1.74 bits per heavy atom. The van der Waals surface area contributed by atoms with Crippen LogP contribution in [-0.2, 0) is 14.3 Å². The summed E-state index contributed by atoms with van der Waals surface area (Å²) in [5.41, 5.74) is 12.3. The molecule has 5 heterocycles. The van der Waals surface area contributed by atoms with Crippen molar-refractivity contribution in [2.24, 2.45) is 32.7 Å². The third-order valence-corrected chi connectivity index (χ3v) is 10.9. The number of nitrogens with zero attached hydrogens (tertiary/aromatic N) is 3. The molecule has 1 fully saturated rings. The molecule has 1 aliphatic carbocycles. The number of allylic oxidation sites excluding steroid dienone is 11. The number of esters is 1. The van der Waals surface area contributed by atoms with Crippen LogP contribution in [-0.4, -0.2) is 47.8 Å². The third-order valence-electron chi connectivity index (χ3n) is 10.9. The van der Waals surface area contributed by atoms with E-state index in [1.54, 1.807) is 0 Å². The molecular weight excluding hydrogens is 626 g/mol. The summed E-state index contributed by atoms with van der Waals surface area (Å²) >= 11 is 0. The molecule has 262 valence electrons. The number of hydrogen-bond acceptors (Lipinski definition) is 8. The lowest BCUT2D eigenvalue weighted by Crippen LogP contribution is -2.27. The highest BCUT2D eigenvalue weighted by atomic mass is 16.5. The highest BCUT2D eigenvalue weighted by molar-refractivity contribution is 6.24. The Labute approximate surface area is 295 Å². The van der Waals surface area contributed by atoms with Gasteiger partial charge in [0, 0.05) is 52.9 Å². The fraction of sp³-hybridized carbons (Fsp3) is 0.439. The number of fused-ring (bicyclic) bond motifs is 5. The lowest BCUT2D eigenvalue weighted by atomic mass is 9.84. The monoisotopic (exact) mass is 675 g/mol. The second kappa shape index (κ2) is 14.2. The molecule has 9 heteroatoms. The van der Waals surface area contributed by atoms with Crippen LogP contribution < -0.4 is 10.6 Å². The van der Waals surface area contributed by atoms with Gasteiger partial charge in [-0.2, -0.15) is 0 Å². The van der Waals surface area contributed by atoms with Gasteiger partial charge in [0.25, 0.3) is 0 Å². The number of unbranched alkanes of at least 4 members (excludes halogenated alkanes) is 3. The highest BCUT2D eigenvalue weighted by Crippen LogP contribution is 2.49. The van der Waals surface area contributed by atoms with Gasteiger partial charge in [-0.1, -0.05) is 52.7 Å². The van der Waals surface area contributed by atoms with E-state index in [2.05, 4.69) is 51.0 Å². The number of carbonyl (C=O) groups is 2. The van der Waals surface area contributed by atoms with Crippen LogP contribution in [0.2, 0.25) is 0 Å². The maximum Gasteiger partial charge on any atom is 0.321 e. The van der Waals surface area contributed by atoms with E-state index in [0.29, 0.717) is 41.9 Å². The summed E-state index contributed by atoms with van der Waals surface area (Å²) in [6, 6.07) is 0. The predicted molar refractivity (Wildman–Crippen MR) is 200 cm³/mol. The molecule has 1 amide bonds. The fourth-order valence-electron chi connectivity index (χ4n) is 7.93. The van der Waals surface area contributed by atoms with Gasteiger partial charge in [-0.25, -0.2) is 15.0 Å². The van der Waals surface area contributed by atoms with E-state index in [0.717, 1.165) is 94.2 Å². The van der Waals surface area contributed by atoms with Crippen LogP contribution in [0, 0.1) is 17.8 Å². The molecular formula is C41H49N5O4. The average Bonchev–Trinajstić information content (AvgIpc) is 3.84. The summed E-state index contributed by atoms with van der Waals surface area (Å²) in [6.07, 6.45) is 13.9. The van der Waals surface area contributed by atoms with Gasteiger partial charge in [0.2, 0.25) is 5.91 Å². The van der Waals surface area contributed by atoms with Crippen LogP contribution in [0.25, 0.3) is 0 Å². The van der Waals surface area contributed by atoms with E-state index < -0.39 is 11.9 Å². The van der Waals surface area contributed by atoms with Crippen LogP contribution in [0.3, 0.4) is 0 Å². The van der Waals surface area contributed by atoms with Crippen molar-refractivity contribution in [3.63, 3.8) is 0 Å². The Kier molecular flexibility index (Phi) is 9.96. The largest absolute Gasteiger partial charge is 0.510 e. The third kappa shape index (κ3) is 6.01. The molecule has 5 aliphatic heterocycles. The Morgan fingerprint density at radius 3 is 2.44 bits per heavy atom. The van der Waals surface area contributed by atoms with E-state index in [9.17, 15) is 14.7 Å². The molecule has 0 spiro atoms. The molecule has 1 saturated heterocycles. The van der Waals surface area contributed by atoms with Crippen molar-refractivity contribution in [1.29, 1.82) is 0 Å². The van der Waals surface area contributed by atoms with Gasteiger partial charge in [-0.3, -0.25) is 9.59 Å². The number of carbonyl (C=O) groups excluding carboxylic acids is 2. The molecule has 9 nitrogen and oxygen atoms in total. The van der Waals surface area contributed by atoms with Crippen LogP contribution in [0.15, 0.2) is 119 Å². The fourth-order valence-corrected chi connectivity index (χ4v) is 7.93. The van der Waals surface area contributed by atoms with Crippen molar-refractivity contribution >= 4 is 29.0 Å². The van der Waals surface area contributed by atoms with Gasteiger partial charge in [0.15, 0.2) is 0 Å². The standard InChI is InChI=1S/C41H49N5O4/c1-9-12-13-14-17-42-34(47)16-15-27-23(6)30-18-28-21(4)25(10-2)32(43-28)19-29-22(5)26(11-3)33(44-29)20-31-24(7)35-39(46-31)36(38(27)45-30)37(40(35)48)41(49)50-8/h10,18-20,23,27,37,45,48H,2,9,11-17H2,1,3-8H3,(H,42,47). The molecule has 0 aromatic heterocycles. The van der Waals surface area contributed by atoms with E-state index in [-0.39, 0.29) is 23.5 Å². The Balaban J connectivity index is 1.52. The number of aliphatic imine (C=N–C) groups is 3. The minimum absolute atomic E-state index is 0.00632. The van der Waals surface area contributed by atoms with Gasteiger partial charge in [-0.05, 0) is 80.6 Å². The second-order valence-corrected chi connectivity index (χ2v) is 13.8. The summed E-state index contributed by atoms with van der Waals surface area (Å²) in [6.45, 7) is 17.2. The minimum Gasteiger partial charge on any atom is -0.510 e. The van der Waals surface area contributed by atoms with Crippen molar-refractivity contribution in [2.45, 2.75) is 86.5 Å². The minimum atomic E-state index is -1.04. The lowest BCUT2D eigenvalue weighted by molar-refractivity contribution is -0.143. The smallest absolute Gasteiger partial charge is 0.321 e. The van der Waals surface area contributed by atoms with E-state index in [1.807, 2.05) is 32.1 Å². The molecule has 3 unspecified atom stereocenters. The molecule has 0 radical (unpaired) electrons. The molecule has 6 rings (SSSR count). The van der Waals surface area contributed by atoms with Gasteiger partial charge >= 0.3 is 5.97 Å². The zero-order chi connectivity index (χ0) is 35.9. The molecule has 0 saturated carbocycles. The zero-order valence-corrected chi connectivity index (χ0v) is 30.4. The van der Waals surface area contributed by atoms with Gasteiger partial charge in [0.05, 0.1) is 41.3 Å². The molecule has 6 aliphatic rings. The number of hydrogen-bond donors (Lipinski definition) is 3. The van der Waals surface area contributed by atoms with Crippen LogP contribution >= 0.6 is 0 Å². The first-order chi connectivity index (χ1) is 24.0. The van der Waals surface area contributed by atoms with E-state index >= 15 is 0 Å². The number of amides is 1. The second-order valence-electron chi connectivity index (χ2n) is 13.8. The molecule has 3 N–H and O–H groups in total. The number of methoxy groups -OCH3 is 1. The van der Waals surface area contributed by atoms with Crippen molar-refractivity contribution < 1.29 is 19.4 Å². The molecule has 8 bridgehead atoms. The first-order valence-electron chi connectivity index (χ1n) is 18.0. The molecule has 3 atom stereocenters. The van der Waals surface area contributed by atoms with Crippen molar-refractivity contribution in [1.82, 2.24) is 10.6 Å². The normalized spacial score (nSPS) is 23.9. The number of nitrogens with one attached hydrogen (secondary N) is 2. The first-order valence-corrected chi connectivity index (χ1v) is 18.0. The summed E-state index contributed by atoms with van der Waals surface area (Å²) in [7, 11) is 1.33. The van der Waals surface area contributed by atoms with Crippen molar-refractivity contribution in [3.05, 3.63) is 104 Å². The SMILES string of the molecule is C=CC1=C(C)C2=NC1=CC1=NC(=CC3=C(C)C4=C(O)C(C(=O)OC)C(=C5NC(=C2)C(C)C5CCC(=O)NCCCCCC)C4=N3)C(CC)=C1C. The Morgan fingerprint density at radius 1 is 1.00 bits per heavy atom. The Bertz CT molecular complexity index is 1920. The number of rotatable bonds is 11. The Hall–Kier alpha value is -4.79. The molecule has 50 heavy (non-hydrogen) atoms. The highest BCUT2D eigenvalue weighted by Gasteiger charge is 2.49. The molecule has 0 aromatic rings. The molecule has 0 aromatic carbocycles. The van der Waals surface area contributed by atoms with Gasteiger partial charge in [-0.15, -0.1) is 0 Å². The average molecular weight is 676 g/mol. The van der Waals surface area contributed by atoms with Crippen LogP contribution in [0.5, 0.6) is 0 Å². The van der Waals surface area contributed by atoms with Crippen LogP contribution in [0.1, 0.15) is 86.5 Å². The maximum absolute atomic E-state index is 13.5. The van der Waals surface area contributed by atoms with E-state index in [4.69, 9.17) is 19.7 Å². The first kappa shape index (κ1) is 35.1. The summed E-state index contributed by atoms with van der Waals surface area (Å²) < 4.78 is 5.27. The summed E-state index contributed by atoms with van der Waals surface area (Å²) in [4.78, 5) is 41.8. The maximum atomic E-state index is 13.5. The van der Waals surface area contributed by atoms with Crippen molar-refractivity contribution in [3.8, 4) is 0 Å². The lowest BCUT2D eigenvalue weighted by Gasteiger charge is -2.20. The quantitative estimate of drug-likeness (QED) is 0.153. The number of ether oxygens (including phenoxy) is 1. The predicted octanol–water partition coefficient (Wildman–Crippen LogP) is 7.72. The number of aliphatic hydroxyl groups excluding tert-OH is 1. The van der Waals surface area contributed by atoms with E-state index in [1.165, 1.54) is 7.11 Å². The topological polar surface area (TPSA) is 125 Å². The number of aliphatic hydroxyl groups is 1. The summed E-state index contributed by atoms with van der Waals surface area (Å²) in [5, 5.41) is 18.5. The van der Waals surface area contributed by atoms with Crippen LogP contribution in [0.4, 0.5) is 0 Å². The van der Waals surface area contributed by atoms with Gasteiger partial charge in [0.1, 0.15) is 11.7 Å². The van der Waals surface area contributed by atoms with Gasteiger partial charge < -0.3 is 20.5 Å². The zero-order valence-electron chi connectivity index (χ0n) is 30.4. The van der Waals surface area contributed by atoms with Crippen molar-refractivity contribution in [2.75, 3.05) is 13.7 Å². The summed E-state index contributed by atoms with van der Waals surface area (Å²) in [5.74, 6) is -1.89.